The zero-order valence-electron chi connectivity index (χ0n) is 12.5. The number of rotatable bonds is 4. The van der Waals surface area contributed by atoms with Crippen molar-refractivity contribution < 1.29 is 9.47 Å². The SMILES string of the molecule is Cl.N[C@H](c1ccc(Oc2ccccc2)cc1)C1CCOCC1. The predicted octanol–water partition coefficient (Wildman–Crippen LogP) is 4.33. The molecule has 2 aromatic rings. The molecule has 0 spiro atoms. The number of hydrogen-bond donors (Lipinski definition) is 1. The Balaban J connectivity index is 0.00000176. The van der Waals surface area contributed by atoms with Crippen LogP contribution >= 0.6 is 12.4 Å². The monoisotopic (exact) mass is 319 g/mol. The molecule has 2 N–H and O–H groups in total. The smallest absolute Gasteiger partial charge is 0.127 e. The highest BCUT2D eigenvalue weighted by atomic mass is 35.5. The van der Waals surface area contributed by atoms with Crippen LogP contribution in [-0.4, -0.2) is 13.2 Å². The van der Waals surface area contributed by atoms with Crippen molar-refractivity contribution in [1.29, 1.82) is 0 Å². The number of ether oxygens (including phenoxy) is 2. The molecule has 1 aliphatic rings. The van der Waals surface area contributed by atoms with Crippen molar-refractivity contribution in [2.45, 2.75) is 18.9 Å². The van der Waals surface area contributed by atoms with Gasteiger partial charge in [-0.3, -0.25) is 0 Å². The van der Waals surface area contributed by atoms with Gasteiger partial charge in [0.15, 0.2) is 0 Å². The van der Waals surface area contributed by atoms with Crippen molar-refractivity contribution in [2.75, 3.05) is 13.2 Å². The third-order valence-corrected chi connectivity index (χ3v) is 4.02. The molecule has 22 heavy (non-hydrogen) atoms. The lowest BCUT2D eigenvalue weighted by atomic mass is 9.88. The Hall–Kier alpha value is -1.55. The average molecular weight is 320 g/mol. The van der Waals surface area contributed by atoms with E-state index in [-0.39, 0.29) is 18.4 Å². The predicted molar refractivity (Wildman–Crippen MR) is 90.7 cm³/mol. The van der Waals surface area contributed by atoms with Crippen LogP contribution in [0.1, 0.15) is 24.4 Å². The van der Waals surface area contributed by atoms with Gasteiger partial charge in [-0.15, -0.1) is 12.4 Å². The molecule has 0 amide bonds. The van der Waals surface area contributed by atoms with E-state index < -0.39 is 0 Å². The molecule has 3 nitrogen and oxygen atoms in total. The lowest BCUT2D eigenvalue weighted by Crippen LogP contribution is -2.27. The Kier molecular flexibility index (Phi) is 6.25. The molecule has 0 aliphatic carbocycles. The highest BCUT2D eigenvalue weighted by Crippen LogP contribution is 2.29. The van der Waals surface area contributed by atoms with Crippen molar-refractivity contribution in [3.8, 4) is 11.5 Å². The van der Waals surface area contributed by atoms with E-state index in [0.717, 1.165) is 37.6 Å². The normalized spacial score (nSPS) is 16.6. The van der Waals surface area contributed by atoms with Gasteiger partial charge in [-0.1, -0.05) is 30.3 Å². The molecule has 1 aliphatic heterocycles. The van der Waals surface area contributed by atoms with E-state index in [1.165, 1.54) is 5.56 Å². The minimum atomic E-state index is 0. The summed E-state index contributed by atoms with van der Waals surface area (Å²) in [5.41, 5.74) is 7.54. The molecule has 0 radical (unpaired) electrons. The third-order valence-electron chi connectivity index (χ3n) is 4.02. The first-order valence-corrected chi connectivity index (χ1v) is 7.49. The van der Waals surface area contributed by atoms with E-state index in [4.69, 9.17) is 15.2 Å². The molecule has 0 aromatic heterocycles. The van der Waals surface area contributed by atoms with Gasteiger partial charge in [-0.25, -0.2) is 0 Å². The summed E-state index contributed by atoms with van der Waals surface area (Å²) in [4.78, 5) is 0. The van der Waals surface area contributed by atoms with Crippen LogP contribution in [0.3, 0.4) is 0 Å². The molecule has 1 fully saturated rings. The van der Waals surface area contributed by atoms with Gasteiger partial charge in [-0.05, 0) is 48.6 Å². The molecule has 1 saturated heterocycles. The highest BCUT2D eigenvalue weighted by molar-refractivity contribution is 5.85. The van der Waals surface area contributed by atoms with Crippen molar-refractivity contribution in [3.05, 3.63) is 60.2 Å². The number of halogens is 1. The fourth-order valence-corrected chi connectivity index (χ4v) is 2.73. The third kappa shape index (κ3) is 4.23. The summed E-state index contributed by atoms with van der Waals surface area (Å²) in [6.07, 6.45) is 2.09. The first-order valence-electron chi connectivity index (χ1n) is 7.49. The molecule has 118 valence electrons. The van der Waals surface area contributed by atoms with Crippen molar-refractivity contribution >= 4 is 12.4 Å². The summed E-state index contributed by atoms with van der Waals surface area (Å²) >= 11 is 0. The molecule has 0 unspecified atom stereocenters. The van der Waals surface area contributed by atoms with Crippen molar-refractivity contribution in [3.63, 3.8) is 0 Å². The second-order valence-electron chi connectivity index (χ2n) is 5.46. The first-order chi connectivity index (χ1) is 10.3. The standard InChI is InChI=1S/C18H21NO2.ClH/c19-18(15-10-12-20-13-11-15)14-6-8-17(9-7-14)21-16-4-2-1-3-5-16;/h1-9,15,18H,10-13,19H2;1H/t18-;/m1./s1. The van der Waals surface area contributed by atoms with Gasteiger partial charge in [0.2, 0.25) is 0 Å². The number of benzene rings is 2. The first kappa shape index (κ1) is 16.8. The van der Waals surface area contributed by atoms with Gasteiger partial charge in [0.25, 0.3) is 0 Å². The maximum Gasteiger partial charge on any atom is 0.127 e. The van der Waals surface area contributed by atoms with Crippen LogP contribution in [0.5, 0.6) is 11.5 Å². The molecule has 1 atom stereocenters. The quantitative estimate of drug-likeness (QED) is 0.912. The lowest BCUT2D eigenvalue weighted by Gasteiger charge is -2.27. The minimum Gasteiger partial charge on any atom is -0.457 e. The van der Waals surface area contributed by atoms with Crippen LogP contribution in [0.25, 0.3) is 0 Å². The summed E-state index contributed by atoms with van der Waals surface area (Å²) < 4.78 is 11.2. The fourth-order valence-electron chi connectivity index (χ4n) is 2.73. The van der Waals surface area contributed by atoms with Gasteiger partial charge in [0.05, 0.1) is 0 Å². The Bertz CT molecular complexity index is 553. The zero-order valence-corrected chi connectivity index (χ0v) is 13.3. The van der Waals surface area contributed by atoms with E-state index in [1.807, 2.05) is 42.5 Å². The minimum absolute atomic E-state index is 0. The summed E-state index contributed by atoms with van der Waals surface area (Å²) in [6.45, 7) is 1.65. The molecule has 0 bridgehead atoms. The Morgan fingerprint density at radius 2 is 1.50 bits per heavy atom. The summed E-state index contributed by atoms with van der Waals surface area (Å²) in [7, 11) is 0. The van der Waals surface area contributed by atoms with Crippen LogP contribution in [0, 0.1) is 5.92 Å². The molecular weight excluding hydrogens is 298 g/mol. The summed E-state index contributed by atoms with van der Waals surface area (Å²) in [5.74, 6) is 2.20. The highest BCUT2D eigenvalue weighted by Gasteiger charge is 2.22. The van der Waals surface area contributed by atoms with Crippen LogP contribution in [0.2, 0.25) is 0 Å². The fraction of sp³-hybridized carbons (Fsp3) is 0.333. The topological polar surface area (TPSA) is 44.5 Å². The van der Waals surface area contributed by atoms with Crippen LogP contribution in [0.15, 0.2) is 54.6 Å². The van der Waals surface area contributed by atoms with Gasteiger partial charge < -0.3 is 15.2 Å². The van der Waals surface area contributed by atoms with Gasteiger partial charge in [0.1, 0.15) is 11.5 Å². The van der Waals surface area contributed by atoms with Gasteiger partial charge >= 0.3 is 0 Å². The van der Waals surface area contributed by atoms with Crippen LogP contribution in [-0.2, 0) is 4.74 Å². The van der Waals surface area contributed by atoms with E-state index in [0.29, 0.717) is 5.92 Å². The summed E-state index contributed by atoms with van der Waals surface area (Å²) in [6, 6.07) is 18.0. The second kappa shape index (κ2) is 8.18. The molecule has 4 heteroatoms. The second-order valence-corrected chi connectivity index (χ2v) is 5.46. The van der Waals surface area contributed by atoms with Gasteiger partial charge in [-0.2, -0.15) is 0 Å². The van der Waals surface area contributed by atoms with Crippen LogP contribution < -0.4 is 10.5 Å². The molecule has 2 aromatic carbocycles. The maximum absolute atomic E-state index is 6.38. The number of para-hydroxylation sites is 1. The molecule has 3 rings (SSSR count). The Labute approximate surface area is 137 Å². The van der Waals surface area contributed by atoms with E-state index in [2.05, 4.69) is 12.1 Å². The molecular formula is C18H22ClNO2. The largest absolute Gasteiger partial charge is 0.457 e. The van der Waals surface area contributed by atoms with Gasteiger partial charge in [0, 0.05) is 19.3 Å². The Morgan fingerprint density at radius 1 is 0.909 bits per heavy atom. The van der Waals surface area contributed by atoms with E-state index in [1.54, 1.807) is 0 Å². The lowest BCUT2D eigenvalue weighted by molar-refractivity contribution is 0.0584. The number of hydrogen-bond acceptors (Lipinski definition) is 3. The Morgan fingerprint density at radius 3 is 2.14 bits per heavy atom. The molecule has 0 saturated carbocycles. The van der Waals surface area contributed by atoms with Crippen LogP contribution in [0.4, 0.5) is 0 Å². The van der Waals surface area contributed by atoms with E-state index >= 15 is 0 Å². The van der Waals surface area contributed by atoms with Crippen molar-refractivity contribution in [1.82, 2.24) is 0 Å². The zero-order chi connectivity index (χ0) is 14.5. The van der Waals surface area contributed by atoms with Crippen molar-refractivity contribution in [2.24, 2.45) is 11.7 Å². The number of nitrogens with two attached hydrogens (primary N) is 1. The molecule has 1 heterocycles. The van der Waals surface area contributed by atoms with E-state index in [9.17, 15) is 0 Å². The maximum atomic E-state index is 6.38. The average Bonchev–Trinajstić information content (AvgIpc) is 2.57. The summed E-state index contributed by atoms with van der Waals surface area (Å²) in [5, 5.41) is 0.